The summed E-state index contributed by atoms with van der Waals surface area (Å²) in [5, 5.41) is 27.5. The molecule has 2 amide bonds. The van der Waals surface area contributed by atoms with Gasteiger partial charge in [0.15, 0.2) is 0 Å². The fraction of sp³-hybridized carbons (Fsp3) is 0.729. The first-order valence-electron chi connectivity index (χ1n) is 23.1. The number of allylic oxidation sites excluding steroid dienone is 1. The van der Waals surface area contributed by atoms with Crippen molar-refractivity contribution in [3.05, 3.63) is 48.1 Å². The molecule has 0 spiro atoms. The van der Waals surface area contributed by atoms with Crippen molar-refractivity contribution >= 4 is 17.9 Å². The summed E-state index contributed by atoms with van der Waals surface area (Å²) in [6.45, 7) is 14.9. The number of rotatable bonds is 26. The molecule has 60 heavy (non-hydrogen) atoms. The van der Waals surface area contributed by atoms with Gasteiger partial charge < -0.3 is 44.2 Å². The minimum atomic E-state index is -1.39. The molecule has 1 fully saturated rings. The molecule has 6 atom stereocenters. The predicted molar refractivity (Wildman–Crippen MR) is 236 cm³/mol. The molecule has 4 rings (SSSR count). The number of carbonyl (C=O) groups is 2. The monoisotopic (exact) mass is 840 g/mol. The molecule has 0 saturated heterocycles. The largest absolute Gasteiger partial charge is 0.459 e. The fourth-order valence-electron chi connectivity index (χ4n) is 9.28. The zero-order chi connectivity index (χ0) is 43.5. The standard InChI is InChI=1S/C48H77N3O9/c1-8-11-12-13-14-15-16-17-18-21-28-49-45(54)58-36-26-27-41-39(33-36)43-37(25-20-23-30-53)35(24-19-22-29-52)32-38-40(50-60-47(4,5)6)34-42(51(7)46(55)56-10-3)48(59-41,44(38)43)57-31-9-2/h9,26-27,32-33,35,37,42-44,52-53H,2,8,10-25,28-31,34H2,1,3-7H3,(H,49,54)/t35-,37+,42-,43+,44+,48+/m0/s1. The van der Waals surface area contributed by atoms with Crippen LogP contribution in [0.4, 0.5) is 9.59 Å². The topological polar surface area (TPSA) is 148 Å². The van der Waals surface area contributed by atoms with E-state index in [2.05, 4.69) is 24.9 Å². The number of hydrogen-bond donors (Lipinski definition) is 3. The van der Waals surface area contributed by atoms with Crippen LogP contribution < -0.4 is 14.8 Å². The first-order valence-corrected chi connectivity index (χ1v) is 23.1. The Labute approximate surface area is 360 Å². The summed E-state index contributed by atoms with van der Waals surface area (Å²) in [7, 11) is 1.71. The molecular weight excluding hydrogens is 763 g/mol. The van der Waals surface area contributed by atoms with Gasteiger partial charge in [-0.3, -0.25) is 0 Å². The SMILES string of the molecule is C=CCO[C@@]12Oc3ccc(OC(=O)NCCCCCCCCCCCC)cc3[C@H]3[C@H](CCCCO)[C@@H](CCCCO)C=C(C(=NOC(C)(C)C)C[C@@H]1N(C)C(=O)OCC)[C@H]32. The third-order valence-corrected chi connectivity index (χ3v) is 12.1. The van der Waals surface area contributed by atoms with E-state index in [4.69, 9.17) is 28.9 Å². The number of fused-ring (bicyclic) bond motifs is 2. The molecule has 0 bridgehead atoms. The molecule has 1 aliphatic heterocycles. The van der Waals surface area contributed by atoms with Crippen molar-refractivity contribution in [2.75, 3.05) is 40.0 Å². The maximum Gasteiger partial charge on any atom is 0.412 e. The lowest BCUT2D eigenvalue weighted by atomic mass is 9.55. The highest BCUT2D eigenvalue weighted by molar-refractivity contribution is 6.03. The van der Waals surface area contributed by atoms with Crippen LogP contribution in [0.3, 0.4) is 0 Å². The molecule has 0 radical (unpaired) electrons. The second kappa shape index (κ2) is 24.7. The molecule has 1 heterocycles. The van der Waals surface area contributed by atoms with Crippen molar-refractivity contribution in [3.63, 3.8) is 0 Å². The van der Waals surface area contributed by atoms with Gasteiger partial charge in [0.25, 0.3) is 0 Å². The van der Waals surface area contributed by atoms with Gasteiger partial charge in [0.1, 0.15) is 23.1 Å². The molecule has 12 nitrogen and oxygen atoms in total. The van der Waals surface area contributed by atoms with Crippen LogP contribution in [-0.2, 0) is 14.3 Å². The molecule has 2 aliphatic carbocycles. The summed E-state index contributed by atoms with van der Waals surface area (Å²) in [5.41, 5.74) is 1.92. The van der Waals surface area contributed by atoms with Gasteiger partial charge in [-0.2, -0.15) is 0 Å². The van der Waals surface area contributed by atoms with Gasteiger partial charge in [-0.15, -0.1) is 6.58 Å². The first kappa shape index (κ1) is 49.0. The predicted octanol–water partition coefficient (Wildman–Crippen LogP) is 10.2. The van der Waals surface area contributed by atoms with E-state index in [0.29, 0.717) is 36.6 Å². The Balaban J connectivity index is 1.74. The zero-order valence-corrected chi connectivity index (χ0v) is 37.7. The third kappa shape index (κ3) is 13.4. The first-order chi connectivity index (χ1) is 28.9. The molecule has 12 heteroatoms. The lowest BCUT2D eigenvalue weighted by Crippen LogP contribution is -2.69. The van der Waals surface area contributed by atoms with Gasteiger partial charge in [0.05, 0.1) is 24.8 Å². The van der Waals surface area contributed by atoms with Crippen LogP contribution in [0.2, 0.25) is 0 Å². The van der Waals surface area contributed by atoms with Crippen molar-refractivity contribution in [1.29, 1.82) is 0 Å². The van der Waals surface area contributed by atoms with Gasteiger partial charge >= 0.3 is 12.2 Å². The van der Waals surface area contributed by atoms with Crippen LogP contribution >= 0.6 is 0 Å². The van der Waals surface area contributed by atoms with E-state index in [1.807, 2.05) is 32.9 Å². The molecule has 3 N–H and O–H groups in total. The lowest BCUT2D eigenvalue weighted by molar-refractivity contribution is -0.253. The summed E-state index contributed by atoms with van der Waals surface area (Å²) in [6.07, 6.45) is 20.0. The second-order valence-corrected chi connectivity index (χ2v) is 17.8. The van der Waals surface area contributed by atoms with Gasteiger partial charge in [-0.1, -0.05) is 94.9 Å². The number of aliphatic hydroxyl groups excluding tert-OH is 2. The molecule has 1 aromatic carbocycles. The number of nitrogens with zero attached hydrogens (tertiary/aromatic N) is 2. The number of nitrogens with one attached hydrogen (secondary N) is 1. The molecule has 3 aliphatic rings. The van der Waals surface area contributed by atoms with E-state index in [1.54, 1.807) is 31.0 Å². The number of amides is 2. The quantitative estimate of drug-likeness (QED) is 0.0471. The van der Waals surface area contributed by atoms with Gasteiger partial charge in [0.2, 0.25) is 5.79 Å². The highest BCUT2D eigenvalue weighted by Gasteiger charge is 2.65. The smallest absolute Gasteiger partial charge is 0.412 e. The van der Waals surface area contributed by atoms with E-state index < -0.39 is 35.5 Å². The van der Waals surface area contributed by atoms with Crippen LogP contribution in [0.15, 0.2) is 47.7 Å². The number of carbonyl (C=O) groups excluding carboxylic acids is 2. The van der Waals surface area contributed by atoms with Crippen LogP contribution in [-0.4, -0.2) is 90.5 Å². The highest BCUT2D eigenvalue weighted by Crippen LogP contribution is 2.61. The minimum absolute atomic E-state index is 0.0372. The van der Waals surface area contributed by atoms with E-state index in [1.165, 1.54) is 44.9 Å². The Morgan fingerprint density at radius 3 is 2.27 bits per heavy atom. The van der Waals surface area contributed by atoms with Crippen molar-refractivity contribution in [3.8, 4) is 11.5 Å². The van der Waals surface area contributed by atoms with Crippen LogP contribution in [0, 0.1) is 17.8 Å². The molecule has 338 valence electrons. The van der Waals surface area contributed by atoms with E-state index in [9.17, 15) is 19.8 Å². The Morgan fingerprint density at radius 2 is 1.63 bits per heavy atom. The fourth-order valence-corrected chi connectivity index (χ4v) is 9.28. The van der Waals surface area contributed by atoms with Crippen molar-refractivity contribution < 1.29 is 43.6 Å². The highest BCUT2D eigenvalue weighted by atomic mass is 16.7. The maximum absolute atomic E-state index is 13.6. The number of hydrogen-bond acceptors (Lipinski definition) is 10. The summed E-state index contributed by atoms with van der Waals surface area (Å²) < 4.78 is 25.5. The molecule has 0 unspecified atom stereocenters. The summed E-state index contributed by atoms with van der Waals surface area (Å²) in [6, 6.07) is 4.82. The number of ether oxygens (including phenoxy) is 4. The van der Waals surface area contributed by atoms with Crippen LogP contribution in [0.25, 0.3) is 0 Å². The number of unbranched alkanes of at least 4 members (excludes halogenated alkanes) is 11. The summed E-state index contributed by atoms with van der Waals surface area (Å²) >= 11 is 0. The zero-order valence-electron chi connectivity index (χ0n) is 37.7. The number of benzene rings is 1. The van der Waals surface area contributed by atoms with Gasteiger partial charge in [-0.05, 0) is 95.4 Å². The average Bonchev–Trinajstić information content (AvgIpc) is 3.22. The Hall–Kier alpha value is -3.61. The van der Waals surface area contributed by atoms with Crippen molar-refractivity contribution in [2.45, 2.75) is 167 Å². The Morgan fingerprint density at radius 1 is 0.967 bits per heavy atom. The minimum Gasteiger partial charge on any atom is -0.459 e. The van der Waals surface area contributed by atoms with Crippen molar-refractivity contribution in [2.24, 2.45) is 22.9 Å². The number of aliphatic hydroxyl groups is 2. The van der Waals surface area contributed by atoms with Crippen LogP contribution in [0.5, 0.6) is 11.5 Å². The molecule has 1 saturated carbocycles. The summed E-state index contributed by atoms with van der Waals surface area (Å²) in [5.74, 6) is -1.02. The Bertz CT molecular complexity index is 1560. The Kier molecular flexibility index (Phi) is 20.2. The molecule has 0 aromatic heterocycles. The van der Waals surface area contributed by atoms with E-state index >= 15 is 0 Å². The normalized spacial score (nSPS) is 23.8. The molecule has 1 aromatic rings. The second-order valence-electron chi connectivity index (χ2n) is 17.8. The van der Waals surface area contributed by atoms with Gasteiger partial charge in [-0.25, -0.2) is 9.59 Å². The number of likely N-dealkylation sites (N-methyl/N-ethyl adjacent to an activating group) is 1. The summed E-state index contributed by atoms with van der Waals surface area (Å²) in [4.78, 5) is 34.5. The van der Waals surface area contributed by atoms with E-state index in [0.717, 1.165) is 56.1 Å². The maximum atomic E-state index is 13.6. The third-order valence-electron chi connectivity index (χ3n) is 12.1. The van der Waals surface area contributed by atoms with Gasteiger partial charge in [0, 0.05) is 44.7 Å². The lowest BCUT2D eigenvalue weighted by Gasteiger charge is -2.59. The number of oxime groups is 1. The molecular formula is C48H77N3O9. The van der Waals surface area contributed by atoms with Crippen molar-refractivity contribution in [1.82, 2.24) is 10.2 Å². The van der Waals surface area contributed by atoms with E-state index in [-0.39, 0.29) is 50.6 Å². The average molecular weight is 840 g/mol. The van der Waals surface area contributed by atoms with Crippen LogP contribution in [0.1, 0.15) is 155 Å².